The minimum atomic E-state index is -1.12. The van der Waals surface area contributed by atoms with Crippen LogP contribution in [0.5, 0.6) is 0 Å². The van der Waals surface area contributed by atoms with Crippen LogP contribution in [0.2, 0.25) is 0 Å². The van der Waals surface area contributed by atoms with Gasteiger partial charge in [-0.1, -0.05) is 13.8 Å². The van der Waals surface area contributed by atoms with Crippen molar-refractivity contribution in [1.29, 1.82) is 0 Å². The van der Waals surface area contributed by atoms with Gasteiger partial charge in [-0.25, -0.2) is 13.6 Å². The van der Waals surface area contributed by atoms with Crippen LogP contribution >= 0.6 is 0 Å². The van der Waals surface area contributed by atoms with Crippen LogP contribution in [0.15, 0.2) is 12.1 Å². The third-order valence-corrected chi connectivity index (χ3v) is 4.15. The molecule has 2 atom stereocenters. The number of benzene rings is 1. The van der Waals surface area contributed by atoms with Crippen LogP contribution in [0.3, 0.4) is 0 Å². The van der Waals surface area contributed by atoms with Gasteiger partial charge in [0.05, 0.1) is 11.1 Å². The number of fused-ring (bicyclic) bond motifs is 2. The zero-order valence-corrected chi connectivity index (χ0v) is 11.8. The smallest absolute Gasteiger partial charge is 0.336 e. The van der Waals surface area contributed by atoms with E-state index in [0.29, 0.717) is 23.6 Å². The summed E-state index contributed by atoms with van der Waals surface area (Å²) < 4.78 is 26.9. The Balaban J connectivity index is 2.42. The van der Waals surface area contributed by atoms with Crippen molar-refractivity contribution in [2.24, 2.45) is 5.92 Å². The number of carbonyl (C=O) groups is 1. The Morgan fingerprint density at radius 3 is 2.62 bits per heavy atom. The molecule has 2 aromatic rings. The summed E-state index contributed by atoms with van der Waals surface area (Å²) in [5.41, 5.74) is 1.62. The summed E-state index contributed by atoms with van der Waals surface area (Å²) in [5, 5.41) is 9.70. The van der Waals surface area contributed by atoms with Crippen molar-refractivity contribution in [3.63, 3.8) is 0 Å². The molecule has 1 aromatic carbocycles. The fourth-order valence-electron chi connectivity index (χ4n) is 3.32. The minimum absolute atomic E-state index is 0.0623. The van der Waals surface area contributed by atoms with Crippen LogP contribution in [0.1, 0.15) is 47.8 Å². The molecule has 110 valence electrons. The first-order valence-corrected chi connectivity index (χ1v) is 6.93. The van der Waals surface area contributed by atoms with Crippen molar-refractivity contribution in [1.82, 2.24) is 4.98 Å². The fraction of sp³-hybridized carbons (Fsp3) is 0.375. The molecule has 0 radical (unpaired) electrons. The van der Waals surface area contributed by atoms with E-state index in [9.17, 15) is 18.7 Å². The number of carboxylic acid groups (broad SMARTS) is 1. The Hall–Kier alpha value is -2.04. The zero-order chi connectivity index (χ0) is 15.3. The lowest BCUT2D eigenvalue weighted by Crippen LogP contribution is -2.20. The van der Waals surface area contributed by atoms with Gasteiger partial charge in [0.15, 0.2) is 11.6 Å². The van der Waals surface area contributed by atoms with Crippen molar-refractivity contribution in [2.75, 3.05) is 0 Å². The lowest BCUT2D eigenvalue weighted by molar-refractivity contribution is 0.0697. The lowest BCUT2D eigenvalue weighted by Gasteiger charge is -2.28. The average molecular weight is 291 g/mol. The molecule has 0 bridgehead atoms. The summed E-state index contributed by atoms with van der Waals surface area (Å²) in [7, 11) is 0. The van der Waals surface area contributed by atoms with E-state index in [1.165, 1.54) is 0 Å². The van der Waals surface area contributed by atoms with Crippen LogP contribution < -0.4 is 0 Å². The normalized spacial score (nSPS) is 21.3. The van der Waals surface area contributed by atoms with E-state index < -0.39 is 17.6 Å². The third kappa shape index (κ3) is 2.17. The molecule has 0 aliphatic heterocycles. The molecule has 2 unspecified atom stereocenters. The fourth-order valence-corrected chi connectivity index (χ4v) is 3.32. The van der Waals surface area contributed by atoms with Gasteiger partial charge in [-0.2, -0.15) is 0 Å². The molecule has 1 N–H and O–H groups in total. The van der Waals surface area contributed by atoms with Crippen LogP contribution in [-0.4, -0.2) is 16.1 Å². The number of hydrogen-bond donors (Lipinski definition) is 1. The van der Waals surface area contributed by atoms with Gasteiger partial charge >= 0.3 is 5.97 Å². The van der Waals surface area contributed by atoms with E-state index in [0.717, 1.165) is 18.6 Å². The van der Waals surface area contributed by atoms with E-state index in [2.05, 4.69) is 11.9 Å². The predicted octanol–water partition coefficient (Wildman–Crippen LogP) is 3.90. The number of halogens is 2. The van der Waals surface area contributed by atoms with Gasteiger partial charge in [-0.15, -0.1) is 0 Å². The van der Waals surface area contributed by atoms with Crippen molar-refractivity contribution < 1.29 is 18.7 Å². The quantitative estimate of drug-likeness (QED) is 0.867. The van der Waals surface area contributed by atoms with E-state index in [-0.39, 0.29) is 22.4 Å². The van der Waals surface area contributed by atoms with Gasteiger partial charge in [0, 0.05) is 17.1 Å². The number of hydrogen-bond acceptors (Lipinski definition) is 2. The Morgan fingerprint density at radius 1 is 1.29 bits per heavy atom. The highest BCUT2D eigenvalue weighted by Gasteiger charge is 2.29. The molecule has 21 heavy (non-hydrogen) atoms. The first-order valence-electron chi connectivity index (χ1n) is 6.93. The molecule has 3 rings (SSSR count). The van der Waals surface area contributed by atoms with Gasteiger partial charge in [0.25, 0.3) is 0 Å². The molecule has 0 saturated carbocycles. The number of aromatic nitrogens is 1. The van der Waals surface area contributed by atoms with E-state index in [4.69, 9.17) is 0 Å². The van der Waals surface area contributed by atoms with Crippen LogP contribution in [0, 0.1) is 17.6 Å². The average Bonchev–Trinajstić information content (AvgIpc) is 2.38. The molecule has 0 amide bonds. The molecular weight excluding hydrogens is 276 g/mol. The molecule has 0 saturated heterocycles. The molecule has 1 aromatic heterocycles. The van der Waals surface area contributed by atoms with Crippen molar-refractivity contribution in [3.05, 3.63) is 40.6 Å². The Bertz CT molecular complexity index is 758. The minimum Gasteiger partial charge on any atom is -0.478 e. The van der Waals surface area contributed by atoms with E-state index in [1.807, 2.05) is 6.92 Å². The highest BCUT2D eigenvalue weighted by Crippen LogP contribution is 2.38. The van der Waals surface area contributed by atoms with Crippen LogP contribution in [0.4, 0.5) is 8.78 Å². The number of nitrogens with zero attached hydrogens (tertiary/aromatic N) is 1. The number of aromatic carboxylic acids is 1. The Morgan fingerprint density at radius 2 is 1.95 bits per heavy atom. The molecule has 1 heterocycles. The zero-order valence-electron chi connectivity index (χ0n) is 11.8. The Labute approximate surface area is 120 Å². The first-order chi connectivity index (χ1) is 9.88. The first kappa shape index (κ1) is 13.9. The third-order valence-electron chi connectivity index (χ3n) is 4.15. The maximum Gasteiger partial charge on any atom is 0.336 e. The summed E-state index contributed by atoms with van der Waals surface area (Å²) in [6, 6.07) is 1.91. The Kier molecular flexibility index (Phi) is 3.15. The lowest BCUT2D eigenvalue weighted by atomic mass is 9.79. The molecular formula is C16H15F2NO2. The molecule has 5 heteroatoms. The van der Waals surface area contributed by atoms with Crippen LogP contribution in [0.25, 0.3) is 10.9 Å². The van der Waals surface area contributed by atoms with E-state index in [1.54, 1.807) is 0 Å². The van der Waals surface area contributed by atoms with Gasteiger partial charge in [0.2, 0.25) is 0 Å². The molecule has 0 spiro atoms. The topological polar surface area (TPSA) is 50.2 Å². The molecule has 3 nitrogen and oxygen atoms in total. The standard InChI is InChI=1S/C16H15F2NO2/c1-7-3-8(2)15-10(4-7)14(16(20)21)9-5-11(17)12(18)6-13(9)19-15/h5-8H,3-4H2,1-2H3,(H,20,21). The molecule has 0 fully saturated rings. The van der Waals surface area contributed by atoms with Gasteiger partial charge in [0.1, 0.15) is 0 Å². The summed E-state index contributed by atoms with van der Waals surface area (Å²) in [5.74, 6) is -2.73. The second-order valence-electron chi connectivity index (χ2n) is 5.89. The molecule has 1 aliphatic rings. The van der Waals surface area contributed by atoms with E-state index >= 15 is 0 Å². The SMILES string of the molecule is CC1Cc2c(nc3cc(F)c(F)cc3c2C(=O)O)C(C)C1. The van der Waals surface area contributed by atoms with Crippen molar-refractivity contribution in [2.45, 2.75) is 32.6 Å². The predicted molar refractivity (Wildman–Crippen MR) is 74.5 cm³/mol. The van der Waals surface area contributed by atoms with Gasteiger partial charge in [-0.3, -0.25) is 4.98 Å². The maximum absolute atomic E-state index is 13.5. The highest BCUT2D eigenvalue weighted by atomic mass is 19.2. The largest absolute Gasteiger partial charge is 0.478 e. The summed E-state index contributed by atoms with van der Waals surface area (Å²) in [6.07, 6.45) is 1.51. The van der Waals surface area contributed by atoms with Gasteiger partial charge in [-0.05, 0) is 36.3 Å². The molecule has 1 aliphatic carbocycles. The summed E-state index contributed by atoms with van der Waals surface area (Å²) in [4.78, 5) is 16.1. The number of carboxylic acids is 1. The monoisotopic (exact) mass is 291 g/mol. The van der Waals surface area contributed by atoms with Crippen LogP contribution in [-0.2, 0) is 6.42 Å². The second kappa shape index (κ2) is 4.76. The van der Waals surface area contributed by atoms with Gasteiger partial charge < -0.3 is 5.11 Å². The maximum atomic E-state index is 13.5. The highest BCUT2D eigenvalue weighted by molar-refractivity contribution is 6.04. The summed E-state index contributed by atoms with van der Waals surface area (Å²) >= 11 is 0. The summed E-state index contributed by atoms with van der Waals surface area (Å²) in [6.45, 7) is 4.04. The van der Waals surface area contributed by atoms with Crippen molar-refractivity contribution in [3.8, 4) is 0 Å². The second-order valence-corrected chi connectivity index (χ2v) is 5.89. The van der Waals surface area contributed by atoms with Crippen molar-refractivity contribution >= 4 is 16.9 Å². The number of rotatable bonds is 1. The number of pyridine rings is 1.